The molecule has 0 amide bonds. The highest BCUT2D eigenvalue weighted by Gasteiger charge is 2.28. The number of nitrogens with zero attached hydrogens (tertiary/aromatic N) is 3. The Morgan fingerprint density at radius 1 is 1.39 bits per heavy atom. The van der Waals surface area contributed by atoms with Crippen molar-refractivity contribution in [3.8, 4) is 0 Å². The molecule has 0 spiro atoms. The third-order valence-electron chi connectivity index (χ3n) is 2.76. The van der Waals surface area contributed by atoms with E-state index in [-0.39, 0.29) is 5.78 Å². The number of azide groups is 1. The highest BCUT2D eigenvalue weighted by Crippen LogP contribution is 2.18. The Hall–Kier alpha value is -2.10. The molecule has 0 N–H and O–H groups in total. The molecule has 2 atom stereocenters. The molecule has 0 fully saturated rings. The summed E-state index contributed by atoms with van der Waals surface area (Å²) < 4.78 is 5.58. The standard InChI is InChI=1S/C13H13N3O2/c14-16-15-11-7-4-8-12(17)13(11)18-9-10-5-2-1-3-6-10/h1-6,8,11,13H,7,9H2/t11-,13+/m1/s1. The van der Waals surface area contributed by atoms with Crippen molar-refractivity contribution in [1.29, 1.82) is 0 Å². The first kappa shape index (κ1) is 12.4. The maximum atomic E-state index is 11.7. The average Bonchev–Trinajstić information content (AvgIpc) is 2.40. The van der Waals surface area contributed by atoms with Gasteiger partial charge in [-0.05, 0) is 23.6 Å². The molecule has 0 aliphatic heterocycles. The summed E-state index contributed by atoms with van der Waals surface area (Å²) in [7, 11) is 0. The zero-order valence-corrected chi connectivity index (χ0v) is 9.77. The van der Waals surface area contributed by atoms with Crippen LogP contribution in [0, 0.1) is 0 Å². The number of benzene rings is 1. The van der Waals surface area contributed by atoms with Gasteiger partial charge in [-0.2, -0.15) is 0 Å². The molecular weight excluding hydrogens is 230 g/mol. The Kier molecular flexibility index (Phi) is 4.12. The van der Waals surface area contributed by atoms with Crippen molar-refractivity contribution in [3.63, 3.8) is 0 Å². The Labute approximate surface area is 105 Å². The fourth-order valence-electron chi connectivity index (χ4n) is 1.86. The van der Waals surface area contributed by atoms with E-state index >= 15 is 0 Å². The summed E-state index contributed by atoms with van der Waals surface area (Å²) in [4.78, 5) is 14.5. The highest BCUT2D eigenvalue weighted by molar-refractivity contribution is 5.95. The van der Waals surface area contributed by atoms with Crippen LogP contribution >= 0.6 is 0 Å². The molecule has 0 bridgehead atoms. The van der Waals surface area contributed by atoms with Crippen molar-refractivity contribution in [3.05, 3.63) is 58.5 Å². The van der Waals surface area contributed by atoms with E-state index < -0.39 is 12.1 Å². The molecule has 0 unspecified atom stereocenters. The number of carbonyl (C=O) groups excluding carboxylic acids is 1. The summed E-state index contributed by atoms with van der Waals surface area (Å²) >= 11 is 0. The lowest BCUT2D eigenvalue weighted by molar-refractivity contribution is -0.128. The van der Waals surface area contributed by atoms with Crippen molar-refractivity contribution in [2.24, 2.45) is 5.11 Å². The second kappa shape index (κ2) is 6.00. The largest absolute Gasteiger partial charge is 0.365 e. The molecule has 5 heteroatoms. The Morgan fingerprint density at radius 3 is 2.89 bits per heavy atom. The van der Waals surface area contributed by atoms with Gasteiger partial charge in [0.05, 0.1) is 12.6 Å². The molecule has 1 aromatic rings. The Balaban J connectivity index is 2.03. The number of hydrogen-bond acceptors (Lipinski definition) is 3. The average molecular weight is 243 g/mol. The number of hydrogen-bond donors (Lipinski definition) is 0. The van der Waals surface area contributed by atoms with Crippen LogP contribution in [0.5, 0.6) is 0 Å². The van der Waals surface area contributed by atoms with E-state index in [2.05, 4.69) is 10.0 Å². The fraction of sp³-hybridized carbons (Fsp3) is 0.308. The van der Waals surface area contributed by atoms with Crippen molar-refractivity contribution in [1.82, 2.24) is 0 Å². The van der Waals surface area contributed by atoms with Crippen LogP contribution in [0.15, 0.2) is 47.6 Å². The summed E-state index contributed by atoms with van der Waals surface area (Å²) in [6.45, 7) is 0.336. The first-order valence-electron chi connectivity index (χ1n) is 5.71. The molecule has 0 saturated carbocycles. The van der Waals surface area contributed by atoms with Crippen molar-refractivity contribution in [2.75, 3.05) is 0 Å². The summed E-state index contributed by atoms with van der Waals surface area (Å²) in [5.74, 6) is -0.144. The van der Waals surface area contributed by atoms with E-state index in [4.69, 9.17) is 10.3 Å². The lowest BCUT2D eigenvalue weighted by atomic mass is 9.98. The molecular formula is C13H13N3O2. The molecule has 1 aliphatic rings. The van der Waals surface area contributed by atoms with Crippen molar-refractivity contribution < 1.29 is 9.53 Å². The smallest absolute Gasteiger partial charge is 0.184 e. The third kappa shape index (κ3) is 2.97. The molecule has 0 saturated heterocycles. The first-order chi connectivity index (χ1) is 8.81. The molecule has 2 rings (SSSR count). The maximum Gasteiger partial charge on any atom is 0.184 e. The van der Waals surface area contributed by atoms with Gasteiger partial charge in [0, 0.05) is 4.91 Å². The van der Waals surface area contributed by atoms with E-state index in [0.29, 0.717) is 13.0 Å². The lowest BCUT2D eigenvalue weighted by Crippen LogP contribution is -2.36. The van der Waals surface area contributed by atoms with Gasteiger partial charge < -0.3 is 4.74 Å². The number of carbonyl (C=O) groups is 1. The molecule has 5 nitrogen and oxygen atoms in total. The van der Waals surface area contributed by atoms with Crippen LogP contribution in [-0.4, -0.2) is 17.9 Å². The van der Waals surface area contributed by atoms with Crippen molar-refractivity contribution in [2.45, 2.75) is 25.2 Å². The zero-order valence-electron chi connectivity index (χ0n) is 9.77. The molecule has 1 aliphatic carbocycles. The van der Waals surface area contributed by atoms with Gasteiger partial charge in [0.25, 0.3) is 0 Å². The topological polar surface area (TPSA) is 75.1 Å². The van der Waals surface area contributed by atoms with E-state index in [9.17, 15) is 4.79 Å². The highest BCUT2D eigenvalue weighted by atomic mass is 16.5. The van der Waals surface area contributed by atoms with Gasteiger partial charge in [-0.25, -0.2) is 0 Å². The minimum atomic E-state index is -0.675. The minimum absolute atomic E-state index is 0.144. The Morgan fingerprint density at radius 2 is 2.17 bits per heavy atom. The monoisotopic (exact) mass is 243 g/mol. The molecule has 0 radical (unpaired) electrons. The van der Waals surface area contributed by atoms with Gasteiger partial charge in [0.2, 0.25) is 0 Å². The molecule has 18 heavy (non-hydrogen) atoms. The van der Waals surface area contributed by atoms with Gasteiger partial charge in [-0.15, -0.1) is 0 Å². The third-order valence-corrected chi connectivity index (χ3v) is 2.76. The molecule has 1 aromatic carbocycles. The first-order valence-corrected chi connectivity index (χ1v) is 5.71. The summed E-state index contributed by atoms with van der Waals surface area (Å²) in [5.41, 5.74) is 9.46. The maximum absolute atomic E-state index is 11.7. The molecule has 0 heterocycles. The van der Waals surface area contributed by atoms with Gasteiger partial charge >= 0.3 is 0 Å². The minimum Gasteiger partial charge on any atom is -0.365 e. The van der Waals surface area contributed by atoms with Crippen LogP contribution in [0.3, 0.4) is 0 Å². The van der Waals surface area contributed by atoms with E-state index in [1.54, 1.807) is 6.08 Å². The molecule has 92 valence electrons. The van der Waals surface area contributed by atoms with E-state index in [1.165, 1.54) is 6.08 Å². The normalized spacial score (nSPS) is 22.6. The van der Waals surface area contributed by atoms with Gasteiger partial charge in [-0.1, -0.05) is 41.5 Å². The second-order valence-electron chi connectivity index (χ2n) is 4.03. The van der Waals surface area contributed by atoms with E-state index in [0.717, 1.165) is 5.56 Å². The van der Waals surface area contributed by atoms with Crippen LogP contribution in [0.1, 0.15) is 12.0 Å². The molecule has 0 aromatic heterocycles. The van der Waals surface area contributed by atoms with Crippen LogP contribution in [0.4, 0.5) is 0 Å². The van der Waals surface area contributed by atoms with Gasteiger partial charge in [0.1, 0.15) is 6.10 Å². The van der Waals surface area contributed by atoms with Gasteiger partial charge in [-0.3, -0.25) is 4.79 Å². The lowest BCUT2D eigenvalue weighted by Gasteiger charge is -2.23. The summed E-state index contributed by atoms with van der Waals surface area (Å²) in [5, 5.41) is 3.61. The fourth-order valence-corrected chi connectivity index (χ4v) is 1.86. The van der Waals surface area contributed by atoms with Crippen LogP contribution in [0.2, 0.25) is 0 Å². The SMILES string of the molecule is [N-]=[N+]=N[C@@H]1CC=CC(=O)[C@H]1OCc1ccccc1. The zero-order chi connectivity index (χ0) is 12.8. The van der Waals surface area contributed by atoms with E-state index in [1.807, 2.05) is 30.3 Å². The number of rotatable bonds is 4. The number of ketones is 1. The van der Waals surface area contributed by atoms with Crippen LogP contribution in [-0.2, 0) is 16.1 Å². The summed E-state index contributed by atoms with van der Waals surface area (Å²) in [6, 6.07) is 9.13. The predicted molar refractivity (Wildman–Crippen MR) is 66.7 cm³/mol. The van der Waals surface area contributed by atoms with Crippen LogP contribution < -0.4 is 0 Å². The van der Waals surface area contributed by atoms with Crippen LogP contribution in [0.25, 0.3) is 10.4 Å². The predicted octanol–water partition coefficient (Wildman–Crippen LogP) is 2.78. The quantitative estimate of drug-likeness (QED) is 0.463. The second-order valence-corrected chi connectivity index (χ2v) is 4.03. The Bertz CT molecular complexity index is 492. The summed E-state index contributed by atoms with van der Waals surface area (Å²) in [6.07, 6.45) is 3.06. The van der Waals surface area contributed by atoms with Gasteiger partial charge in [0.15, 0.2) is 5.78 Å². The number of ether oxygens (including phenoxy) is 1. The van der Waals surface area contributed by atoms with Crippen molar-refractivity contribution >= 4 is 5.78 Å².